The van der Waals surface area contributed by atoms with Crippen LogP contribution in [0.3, 0.4) is 0 Å². The van der Waals surface area contributed by atoms with E-state index in [-0.39, 0.29) is 6.04 Å². The molecule has 0 radical (unpaired) electrons. The van der Waals surface area contributed by atoms with Gasteiger partial charge in [-0.15, -0.1) is 11.6 Å². The van der Waals surface area contributed by atoms with Crippen LogP contribution in [-0.2, 0) is 10.0 Å². The van der Waals surface area contributed by atoms with Gasteiger partial charge in [-0.05, 0) is 59.8 Å². The molecule has 0 N–H and O–H groups in total. The first-order chi connectivity index (χ1) is 9.46. The summed E-state index contributed by atoms with van der Waals surface area (Å²) in [7, 11) is -3.46. The lowest BCUT2D eigenvalue weighted by atomic mass is 10.1. The van der Waals surface area contributed by atoms with Gasteiger partial charge in [0, 0.05) is 27.4 Å². The van der Waals surface area contributed by atoms with Crippen molar-refractivity contribution in [3.05, 3.63) is 27.1 Å². The van der Waals surface area contributed by atoms with Crippen molar-refractivity contribution >= 4 is 53.5 Å². The molecule has 0 aliphatic carbocycles. The molecule has 112 valence electrons. The Hall–Kier alpha value is 0.380. The summed E-state index contributed by atoms with van der Waals surface area (Å²) in [5.41, 5.74) is 0. The van der Waals surface area contributed by atoms with E-state index in [4.69, 9.17) is 11.6 Å². The molecule has 1 aliphatic heterocycles. The van der Waals surface area contributed by atoms with Crippen LogP contribution in [0.15, 0.2) is 32.0 Å². The zero-order valence-corrected chi connectivity index (χ0v) is 15.6. The Morgan fingerprint density at radius 3 is 2.80 bits per heavy atom. The minimum atomic E-state index is -3.46. The lowest BCUT2D eigenvalue weighted by Crippen LogP contribution is -2.35. The van der Waals surface area contributed by atoms with Crippen molar-refractivity contribution in [3.8, 4) is 0 Å². The van der Waals surface area contributed by atoms with Crippen LogP contribution in [0.25, 0.3) is 0 Å². The number of hydrogen-bond donors (Lipinski definition) is 0. The average Bonchev–Trinajstić information content (AvgIpc) is 2.88. The maximum Gasteiger partial charge on any atom is 0.244 e. The van der Waals surface area contributed by atoms with Crippen molar-refractivity contribution in [1.82, 2.24) is 4.31 Å². The van der Waals surface area contributed by atoms with E-state index in [9.17, 15) is 8.42 Å². The van der Waals surface area contributed by atoms with E-state index in [1.54, 1.807) is 16.4 Å². The Morgan fingerprint density at radius 1 is 1.35 bits per heavy atom. The van der Waals surface area contributed by atoms with E-state index >= 15 is 0 Å². The molecule has 3 nitrogen and oxygen atoms in total. The summed E-state index contributed by atoms with van der Waals surface area (Å²) < 4.78 is 28.6. The average molecular weight is 446 g/mol. The highest BCUT2D eigenvalue weighted by Gasteiger charge is 2.35. The maximum atomic E-state index is 12.8. The van der Waals surface area contributed by atoms with Crippen molar-refractivity contribution in [1.29, 1.82) is 0 Å². The number of benzene rings is 1. The Bertz CT molecular complexity index is 580. The van der Waals surface area contributed by atoms with Gasteiger partial charge in [-0.1, -0.05) is 15.9 Å². The zero-order valence-electron chi connectivity index (χ0n) is 10.9. The molecule has 20 heavy (non-hydrogen) atoms. The van der Waals surface area contributed by atoms with Crippen molar-refractivity contribution in [2.75, 3.05) is 12.4 Å². The molecule has 0 spiro atoms. The van der Waals surface area contributed by atoms with E-state index in [2.05, 4.69) is 31.9 Å². The molecule has 7 heteroatoms. The third-order valence-electron chi connectivity index (χ3n) is 3.47. The van der Waals surface area contributed by atoms with Crippen molar-refractivity contribution < 1.29 is 8.42 Å². The molecule has 1 aromatic rings. The van der Waals surface area contributed by atoms with Gasteiger partial charge < -0.3 is 0 Å². The molecular formula is C13H16Br2ClNO2S. The highest BCUT2D eigenvalue weighted by atomic mass is 79.9. The van der Waals surface area contributed by atoms with E-state index in [0.717, 1.165) is 30.2 Å². The first kappa shape index (κ1) is 16.7. The Labute approximate surface area is 142 Å². The maximum absolute atomic E-state index is 12.8. The second-order valence-corrected chi connectivity index (χ2v) is 8.82. The van der Waals surface area contributed by atoms with Crippen LogP contribution in [-0.4, -0.2) is 31.2 Å². The van der Waals surface area contributed by atoms with Gasteiger partial charge in [-0.2, -0.15) is 4.31 Å². The summed E-state index contributed by atoms with van der Waals surface area (Å²) >= 11 is 12.4. The Morgan fingerprint density at radius 2 is 2.10 bits per heavy atom. The smallest absolute Gasteiger partial charge is 0.207 e. The quantitative estimate of drug-likeness (QED) is 0.631. The van der Waals surface area contributed by atoms with Gasteiger partial charge in [0.1, 0.15) is 0 Å². The predicted octanol–water partition coefficient (Wildman–Crippen LogP) is 4.38. The van der Waals surface area contributed by atoms with Crippen LogP contribution >= 0.6 is 43.5 Å². The number of nitrogens with zero attached hydrogens (tertiary/aromatic N) is 1. The number of alkyl halides is 1. The lowest BCUT2D eigenvalue weighted by molar-refractivity contribution is 0.368. The number of halogens is 3. The largest absolute Gasteiger partial charge is 0.244 e. The predicted molar refractivity (Wildman–Crippen MR) is 88.7 cm³/mol. The molecular weight excluding hydrogens is 429 g/mol. The lowest BCUT2D eigenvalue weighted by Gasteiger charge is -2.24. The van der Waals surface area contributed by atoms with Gasteiger partial charge in [-0.3, -0.25) is 0 Å². The van der Waals surface area contributed by atoms with Gasteiger partial charge in [0.2, 0.25) is 10.0 Å². The summed E-state index contributed by atoms with van der Waals surface area (Å²) in [4.78, 5) is 0.324. The van der Waals surface area contributed by atoms with Gasteiger partial charge in [0.25, 0.3) is 0 Å². The molecule has 2 rings (SSSR count). The van der Waals surface area contributed by atoms with Gasteiger partial charge >= 0.3 is 0 Å². The van der Waals surface area contributed by atoms with Crippen molar-refractivity contribution in [3.63, 3.8) is 0 Å². The highest BCUT2D eigenvalue weighted by Crippen LogP contribution is 2.33. The Balaban J connectivity index is 2.31. The van der Waals surface area contributed by atoms with Crippen molar-refractivity contribution in [2.45, 2.75) is 36.6 Å². The van der Waals surface area contributed by atoms with E-state index < -0.39 is 10.0 Å². The SMILES string of the molecule is O=S(=O)(c1cc(Br)ccc1Br)N1CCCC1CCCCl. The summed E-state index contributed by atoms with van der Waals surface area (Å²) in [6.45, 7) is 0.592. The summed E-state index contributed by atoms with van der Waals surface area (Å²) in [5.74, 6) is 0.574. The summed E-state index contributed by atoms with van der Waals surface area (Å²) in [6.07, 6.45) is 3.51. The number of rotatable bonds is 5. The van der Waals surface area contributed by atoms with E-state index in [0.29, 0.717) is 21.8 Å². The second kappa shape index (κ2) is 7.09. The van der Waals surface area contributed by atoms with Gasteiger partial charge in [0.05, 0.1) is 4.90 Å². The van der Waals surface area contributed by atoms with Gasteiger partial charge in [0.15, 0.2) is 0 Å². The first-order valence-corrected chi connectivity index (χ1v) is 10.1. The van der Waals surface area contributed by atoms with Crippen LogP contribution < -0.4 is 0 Å². The molecule has 0 saturated carbocycles. The third kappa shape index (κ3) is 3.58. The molecule has 0 aromatic heterocycles. The minimum Gasteiger partial charge on any atom is -0.207 e. The molecule has 1 aromatic carbocycles. The Kier molecular flexibility index (Phi) is 5.94. The third-order valence-corrected chi connectivity index (χ3v) is 7.18. The van der Waals surface area contributed by atoms with E-state index in [1.807, 2.05) is 6.07 Å². The monoisotopic (exact) mass is 443 g/mol. The van der Waals surface area contributed by atoms with Gasteiger partial charge in [-0.25, -0.2) is 8.42 Å². The molecule has 1 saturated heterocycles. The topological polar surface area (TPSA) is 37.4 Å². The second-order valence-electron chi connectivity index (χ2n) is 4.82. The normalized spacial score (nSPS) is 20.4. The van der Waals surface area contributed by atoms with Crippen LogP contribution in [0.2, 0.25) is 0 Å². The summed E-state index contributed by atoms with van der Waals surface area (Å²) in [6, 6.07) is 5.29. The fourth-order valence-corrected chi connectivity index (χ4v) is 5.87. The minimum absolute atomic E-state index is 0.0737. The fraction of sp³-hybridized carbons (Fsp3) is 0.538. The first-order valence-electron chi connectivity index (χ1n) is 6.49. The number of hydrogen-bond acceptors (Lipinski definition) is 2. The summed E-state index contributed by atoms with van der Waals surface area (Å²) in [5, 5.41) is 0. The zero-order chi connectivity index (χ0) is 14.8. The van der Waals surface area contributed by atoms with Crippen LogP contribution in [0.1, 0.15) is 25.7 Å². The molecule has 1 atom stereocenters. The van der Waals surface area contributed by atoms with E-state index in [1.165, 1.54) is 0 Å². The molecule has 0 amide bonds. The van der Waals surface area contributed by atoms with Crippen LogP contribution in [0, 0.1) is 0 Å². The molecule has 1 aliphatic rings. The highest BCUT2D eigenvalue weighted by molar-refractivity contribution is 9.11. The molecule has 1 fully saturated rings. The van der Waals surface area contributed by atoms with Crippen LogP contribution in [0.4, 0.5) is 0 Å². The molecule has 1 heterocycles. The number of sulfonamides is 1. The van der Waals surface area contributed by atoms with Crippen molar-refractivity contribution in [2.24, 2.45) is 0 Å². The molecule has 0 bridgehead atoms. The van der Waals surface area contributed by atoms with Crippen LogP contribution in [0.5, 0.6) is 0 Å². The fourth-order valence-electron chi connectivity index (χ4n) is 2.53. The molecule has 1 unspecified atom stereocenters. The standard InChI is InChI=1S/C13H16Br2ClNO2S/c14-10-5-6-12(15)13(9-10)20(18,19)17-8-2-4-11(17)3-1-7-16/h5-6,9,11H,1-4,7-8H2.